The molecule has 0 aromatic heterocycles. The van der Waals surface area contributed by atoms with Gasteiger partial charge in [-0.15, -0.1) is 0 Å². The molecule has 0 bridgehead atoms. The van der Waals surface area contributed by atoms with Crippen LogP contribution in [0.15, 0.2) is 48.5 Å². The number of anilines is 2. The molecule has 1 heterocycles. The third-order valence-corrected chi connectivity index (χ3v) is 4.27. The summed E-state index contributed by atoms with van der Waals surface area (Å²) in [5, 5.41) is 3.53. The highest BCUT2D eigenvalue weighted by molar-refractivity contribution is 6.30. The summed E-state index contributed by atoms with van der Waals surface area (Å²) < 4.78 is 0. The van der Waals surface area contributed by atoms with Crippen molar-refractivity contribution in [3.05, 3.63) is 59.1 Å². The average molecular weight is 315 g/mol. The van der Waals surface area contributed by atoms with E-state index < -0.39 is 0 Å². The zero-order valence-corrected chi connectivity index (χ0v) is 13.3. The molecule has 0 saturated carbocycles. The van der Waals surface area contributed by atoms with Crippen molar-refractivity contribution < 1.29 is 4.79 Å². The van der Waals surface area contributed by atoms with Crippen molar-refractivity contribution in [3.63, 3.8) is 0 Å². The van der Waals surface area contributed by atoms with Crippen molar-refractivity contribution in [1.82, 2.24) is 0 Å². The topological polar surface area (TPSA) is 32.3 Å². The van der Waals surface area contributed by atoms with E-state index in [-0.39, 0.29) is 5.91 Å². The predicted octanol–water partition coefficient (Wildman–Crippen LogP) is 4.44. The Bertz CT molecular complexity index is 652. The molecule has 2 aromatic carbocycles. The smallest absolute Gasteiger partial charge is 0.255 e. The number of rotatable bonds is 3. The number of benzene rings is 2. The molecule has 4 heteroatoms. The van der Waals surface area contributed by atoms with Gasteiger partial charge in [-0.25, -0.2) is 0 Å². The van der Waals surface area contributed by atoms with E-state index in [2.05, 4.69) is 29.3 Å². The fraction of sp³-hybridized carbons (Fsp3) is 0.278. The molecule has 114 valence electrons. The van der Waals surface area contributed by atoms with Crippen molar-refractivity contribution in [2.45, 2.75) is 13.3 Å². The van der Waals surface area contributed by atoms with Crippen LogP contribution in [0.3, 0.4) is 0 Å². The standard InChI is InChI=1S/C18H19ClN2O/c1-13-10-11-21(12-13)17-8-6-16(7-9-17)20-18(22)14-2-4-15(19)5-3-14/h2-9,13H,10-12H2,1H3,(H,20,22). The van der Waals surface area contributed by atoms with E-state index in [1.54, 1.807) is 24.3 Å². The van der Waals surface area contributed by atoms with Gasteiger partial charge >= 0.3 is 0 Å². The number of amides is 1. The molecule has 1 N–H and O–H groups in total. The van der Waals surface area contributed by atoms with Crippen LogP contribution in [0.4, 0.5) is 11.4 Å². The highest BCUT2D eigenvalue weighted by atomic mass is 35.5. The Balaban J connectivity index is 1.65. The van der Waals surface area contributed by atoms with Crippen LogP contribution in [-0.2, 0) is 0 Å². The van der Waals surface area contributed by atoms with Gasteiger partial charge in [0.2, 0.25) is 0 Å². The normalized spacial score (nSPS) is 17.5. The molecule has 3 rings (SSSR count). The monoisotopic (exact) mass is 314 g/mol. The van der Waals surface area contributed by atoms with E-state index in [0.29, 0.717) is 10.6 Å². The fourth-order valence-electron chi connectivity index (χ4n) is 2.73. The van der Waals surface area contributed by atoms with Crippen LogP contribution in [0, 0.1) is 5.92 Å². The molecule has 0 radical (unpaired) electrons. The molecular formula is C18H19ClN2O. The van der Waals surface area contributed by atoms with Crippen molar-refractivity contribution in [1.29, 1.82) is 0 Å². The van der Waals surface area contributed by atoms with E-state index in [0.717, 1.165) is 24.7 Å². The number of hydrogen-bond donors (Lipinski definition) is 1. The van der Waals surface area contributed by atoms with Crippen LogP contribution in [-0.4, -0.2) is 19.0 Å². The Morgan fingerprint density at radius 3 is 2.41 bits per heavy atom. The Morgan fingerprint density at radius 1 is 1.14 bits per heavy atom. The zero-order chi connectivity index (χ0) is 15.5. The lowest BCUT2D eigenvalue weighted by molar-refractivity contribution is 0.102. The van der Waals surface area contributed by atoms with Crippen LogP contribution in [0.1, 0.15) is 23.7 Å². The molecule has 0 aliphatic carbocycles. The second-order valence-corrected chi connectivity index (χ2v) is 6.28. The maximum absolute atomic E-state index is 12.1. The molecular weight excluding hydrogens is 296 g/mol. The molecule has 22 heavy (non-hydrogen) atoms. The zero-order valence-electron chi connectivity index (χ0n) is 12.6. The summed E-state index contributed by atoms with van der Waals surface area (Å²) in [6.45, 7) is 4.49. The summed E-state index contributed by atoms with van der Waals surface area (Å²) in [6.07, 6.45) is 1.25. The average Bonchev–Trinajstić information content (AvgIpc) is 2.95. The third kappa shape index (κ3) is 3.42. The summed E-state index contributed by atoms with van der Waals surface area (Å²) in [7, 11) is 0. The van der Waals surface area contributed by atoms with Crippen molar-refractivity contribution in [3.8, 4) is 0 Å². The lowest BCUT2D eigenvalue weighted by Crippen LogP contribution is -2.19. The Hall–Kier alpha value is -2.00. The first-order chi connectivity index (χ1) is 10.6. The van der Waals surface area contributed by atoms with Crippen molar-refractivity contribution >= 4 is 28.9 Å². The Kier molecular flexibility index (Phi) is 4.34. The summed E-state index contributed by atoms with van der Waals surface area (Å²) in [5.74, 6) is 0.628. The van der Waals surface area contributed by atoms with Crippen LogP contribution in [0.2, 0.25) is 5.02 Å². The summed E-state index contributed by atoms with van der Waals surface area (Å²) in [6, 6.07) is 14.9. The van der Waals surface area contributed by atoms with Gasteiger partial charge in [0.25, 0.3) is 5.91 Å². The Morgan fingerprint density at radius 2 is 1.82 bits per heavy atom. The van der Waals surface area contributed by atoms with Crippen LogP contribution < -0.4 is 10.2 Å². The van der Waals surface area contributed by atoms with Gasteiger partial charge in [-0.1, -0.05) is 18.5 Å². The quantitative estimate of drug-likeness (QED) is 0.908. The number of nitrogens with zero attached hydrogens (tertiary/aromatic N) is 1. The molecule has 2 aromatic rings. The molecule has 1 saturated heterocycles. The van der Waals surface area contributed by atoms with Crippen molar-refractivity contribution in [2.75, 3.05) is 23.3 Å². The largest absolute Gasteiger partial charge is 0.371 e. The number of halogens is 1. The fourth-order valence-corrected chi connectivity index (χ4v) is 2.86. The number of carbonyl (C=O) groups is 1. The van der Waals surface area contributed by atoms with Crippen molar-refractivity contribution in [2.24, 2.45) is 5.92 Å². The second-order valence-electron chi connectivity index (χ2n) is 5.85. The second kappa shape index (κ2) is 6.41. The Labute approximate surface area is 135 Å². The van der Waals surface area contributed by atoms with Crippen LogP contribution in [0.5, 0.6) is 0 Å². The minimum atomic E-state index is -0.126. The van der Waals surface area contributed by atoms with Gasteiger partial charge in [-0.05, 0) is 60.9 Å². The van der Waals surface area contributed by atoms with E-state index in [9.17, 15) is 4.79 Å². The highest BCUT2D eigenvalue weighted by Crippen LogP contribution is 2.25. The predicted molar refractivity (Wildman–Crippen MR) is 91.8 cm³/mol. The molecule has 1 amide bonds. The highest BCUT2D eigenvalue weighted by Gasteiger charge is 2.18. The lowest BCUT2D eigenvalue weighted by atomic mass is 10.2. The van der Waals surface area contributed by atoms with Crippen LogP contribution in [0.25, 0.3) is 0 Å². The van der Waals surface area contributed by atoms with Gasteiger partial charge in [0.15, 0.2) is 0 Å². The third-order valence-electron chi connectivity index (χ3n) is 4.02. The summed E-state index contributed by atoms with van der Waals surface area (Å²) >= 11 is 5.83. The number of nitrogens with one attached hydrogen (secondary N) is 1. The molecule has 1 aliphatic heterocycles. The first-order valence-corrected chi connectivity index (χ1v) is 7.91. The van der Waals surface area contributed by atoms with Gasteiger partial charge in [0.05, 0.1) is 0 Å². The van der Waals surface area contributed by atoms with Crippen LogP contribution >= 0.6 is 11.6 Å². The van der Waals surface area contributed by atoms with Gasteiger partial charge in [0, 0.05) is 35.1 Å². The van der Waals surface area contributed by atoms with E-state index in [1.165, 1.54) is 12.1 Å². The number of hydrogen-bond acceptors (Lipinski definition) is 2. The molecule has 1 atom stereocenters. The minimum absolute atomic E-state index is 0.126. The summed E-state index contributed by atoms with van der Waals surface area (Å²) in [4.78, 5) is 14.5. The van der Waals surface area contributed by atoms with Gasteiger partial charge in [0.1, 0.15) is 0 Å². The van der Waals surface area contributed by atoms with E-state index in [1.807, 2.05) is 12.1 Å². The molecule has 1 aliphatic rings. The van der Waals surface area contributed by atoms with Gasteiger partial charge in [-0.3, -0.25) is 4.79 Å². The van der Waals surface area contributed by atoms with E-state index >= 15 is 0 Å². The van der Waals surface area contributed by atoms with E-state index in [4.69, 9.17) is 11.6 Å². The molecule has 0 spiro atoms. The lowest BCUT2D eigenvalue weighted by Gasteiger charge is -2.18. The van der Waals surface area contributed by atoms with Gasteiger partial charge < -0.3 is 10.2 Å². The molecule has 1 unspecified atom stereocenters. The summed E-state index contributed by atoms with van der Waals surface area (Å²) in [5.41, 5.74) is 2.62. The SMILES string of the molecule is CC1CCN(c2ccc(NC(=O)c3ccc(Cl)cc3)cc2)C1. The minimum Gasteiger partial charge on any atom is -0.371 e. The molecule has 1 fully saturated rings. The van der Waals surface area contributed by atoms with Gasteiger partial charge in [-0.2, -0.15) is 0 Å². The molecule has 3 nitrogen and oxygen atoms in total. The maximum atomic E-state index is 12.1. The first kappa shape index (κ1) is 14.9. The first-order valence-electron chi connectivity index (χ1n) is 7.54. The number of carbonyl (C=O) groups excluding carboxylic acids is 1. The maximum Gasteiger partial charge on any atom is 0.255 e.